The van der Waals surface area contributed by atoms with Crippen molar-refractivity contribution in [2.75, 3.05) is 6.79 Å². The highest BCUT2D eigenvalue weighted by Gasteiger charge is 2.51. The number of rotatable bonds is 6. The number of thiazole rings is 1. The first-order chi connectivity index (χ1) is 13.6. The Morgan fingerprint density at radius 3 is 2.79 bits per heavy atom. The molecule has 2 heterocycles. The molecular weight excluding hydrogens is 394 g/mol. The van der Waals surface area contributed by atoms with Gasteiger partial charge in [0.25, 0.3) is 0 Å². The fourth-order valence-corrected chi connectivity index (χ4v) is 4.84. The molecule has 2 aromatic carbocycles. The largest absolute Gasteiger partial charge is 0.454 e. The van der Waals surface area contributed by atoms with Crippen LogP contribution in [0.4, 0.5) is 0 Å². The van der Waals surface area contributed by atoms with Crippen molar-refractivity contribution in [1.82, 2.24) is 4.98 Å². The quantitative estimate of drug-likeness (QED) is 0.575. The molecule has 5 rings (SSSR count). The Bertz CT molecular complexity index is 1060. The van der Waals surface area contributed by atoms with Crippen LogP contribution in [0.25, 0.3) is 0 Å². The Labute approximate surface area is 172 Å². The van der Waals surface area contributed by atoms with Crippen LogP contribution in [0.3, 0.4) is 0 Å². The topological polar surface area (TPSA) is 48.4 Å². The van der Waals surface area contributed by atoms with E-state index in [2.05, 4.69) is 4.98 Å². The second-order valence-corrected chi connectivity index (χ2v) is 8.85. The fraction of sp³-hybridized carbons (Fsp3) is 0.273. The lowest BCUT2D eigenvalue weighted by Crippen LogP contribution is -2.22. The molecule has 1 fully saturated rings. The average molecular weight is 412 g/mol. The summed E-state index contributed by atoms with van der Waals surface area (Å²) in [5.41, 5.74) is 1.70. The predicted molar refractivity (Wildman–Crippen MR) is 109 cm³/mol. The van der Waals surface area contributed by atoms with Crippen LogP contribution >= 0.6 is 22.9 Å². The summed E-state index contributed by atoms with van der Waals surface area (Å²) < 4.78 is 10.9. The van der Waals surface area contributed by atoms with Crippen molar-refractivity contribution in [3.63, 3.8) is 0 Å². The zero-order valence-corrected chi connectivity index (χ0v) is 16.7. The minimum absolute atomic E-state index is 0.227. The lowest BCUT2D eigenvalue weighted by atomic mass is 9.89. The fourth-order valence-electron chi connectivity index (χ4n) is 3.70. The first-order valence-electron chi connectivity index (χ1n) is 9.24. The van der Waals surface area contributed by atoms with Gasteiger partial charge in [-0.25, -0.2) is 4.98 Å². The third kappa shape index (κ3) is 3.19. The highest BCUT2D eigenvalue weighted by Crippen LogP contribution is 2.51. The van der Waals surface area contributed by atoms with Gasteiger partial charge in [-0.3, -0.25) is 4.79 Å². The summed E-state index contributed by atoms with van der Waals surface area (Å²) in [5.74, 6) is 1.70. The van der Waals surface area contributed by atoms with Gasteiger partial charge in [-0.1, -0.05) is 35.9 Å². The van der Waals surface area contributed by atoms with Crippen LogP contribution in [0.5, 0.6) is 11.5 Å². The maximum Gasteiger partial charge on any atom is 0.231 e. The van der Waals surface area contributed by atoms with Crippen LogP contribution in [-0.2, 0) is 23.1 Å². The molecule has 1 saturated carbocycles. The van der Waals surface area contributed by atoms with E-state index >= 15 is 0 Å². The van der Waals surface area contributed by atoms with Gasteiger partial charge in [-0.2, -0.15) is 0 Å². The number of ketones is 1. The van der Waals surface area contributed by atoms with Gasteiger partial charge in [0.05, 0.1) is 11.8 Å². The lowest BCUT2D eigenvalue weighted by molar-refractivity contribution is -0.120. The summed E-state index contributed by atoms with van der Waals surface area (Å²) >= 11 is 7.84. The van der Waals surface area contributed by atoms with Crippen molar-refractivity contribution < 1.29 is 14.3 Å². The van der Waals surface area contributed by atoms with E-state index in [0.717, 1.165) is 56.8 Å². The first-order valence-corrected chi connectivity index (χ1v) is 10.4. The number of aromatic nitrogens is 1. The van der Waals surface area contributed by atoms with Crippen molar-refractivity contribution >= 4 is 28.7 Å². The summed E-state index contributed by atoms with van der Waals surface area (Å²) in [5, 5.41) is 1.62. The van der Waals surface area contributed by atoms with E-state index in [9.17, 15) is 4.79 Å². The summed E-state index contributed by atoms with van der Waals surface area (Å²) in [6.45, 7) is 0.243. The molecule has 0 bridgehead atoms. The molecule has 4 nitrogen and oxygen atoms in total. The molecule has 0 amide bonds. The molecule has 0 radical (unpaired) electrons. The Morgan fingerprint density at radius 2 is 1.96 bits per heavy atom. The van der Waals surface area contributed by atoms with Gasteiger partial charge in [0.1, 0.15) is 10.8 Å². The van der Waals surface area contributed by atoms with E-state index in [1.165, 1.54) is 0 Å². The number of benzene rings is 2. The van der Waals surface area contributed by atoms with Crippen LogP contribution in [-0.4, -0.2) is 17.6 Å². The van der Waals surface area contributed by atoms with Crippen molar-refractivity contribution in [2.24, 2.45) is 0 Å². The number of ether oxygens (including phenoxy) is 2. The summed E-state index contributed by atoms with van der Waals surface area (Å²) in [6.07, 6.45) is 4.71. The molecule has 0 unspecified atom stereocenters. The second kappa shape index (κ2) is 6.90. The third-order valence-corrected chi connectivity index (χ3v) is 6.81. The van der Waals surface area contributed by atoms with Crippen LogP contribution in [0.15, 0.2) is 48.7 Å². The van der Waals surface area contributed by atoms with E-state index in [0.29, 0.717) is 6.42 Å². The monoisotopic (exact) mass is 411 g/mol. The molecule has 1 aliphatic heterocycles. The Balaban J connectivity index is 1.31. The maximum absolute atomic E-state index is 13.1. The minimum Gasteiger partial charge on any atom is -0.454 e. The summed E-state index contributed by atoms with van der Waals surface area (Å²) in [6, 6.07) is 13.7. The first kappa shape index (κ1) is 17.7. The Kier molecular flexibility index (Phi) is 4.37. The summed E-state index contributed by atoms with van der Waals surface area (Å²) in [7, 11) is 0. The predicted octanol–water partition coefficient (Wildman–Crippen LogP) is 4.96. The maximum atomic E-state index is 13.1. The zero-order valence-electron chi connectivity index (χ0n) is 15.1. The highest BCUT2D eigenvalue weighted by molar-refractivity contribution is 7.11. The molecule has 0 N–H and O–H groups in total. The van der Waals surface area contributed by atoms with Crippen molar-refractivity contribution in [1.29, 1.82) is 0 Å². The van der Waals surface area contributed by atoms with Crippen LogP contribution in [0, 0.1) is 0 Å². The number of carbonyl (C=O) groups excluding carboxylic acids is 1. The van der Waals surface area contributed by atoms with Gasteiger partial charge in [0, 0.05) is 22.5 Å². The highest BCUT2D eigenvalue weighted by atomic mass is 35.5. The van der Waals surface area contributed by atoms with Gasteiger partial charge in [0.15, 0.2) is 11.5 Å². The van der Waals surface area contributed by atoms with Crippen molar-refractivity contribution in [2.45, 2.75) is 31.1 Å². The zero-order chi connectivity index (χ0) is 19.1. The number of halogens is 1. The standard InChI is InChI=1S/C22H18ClNO3S/c23-17-4-2-1-3-14(17)9-16-12-24-21(28-16)11-20(25)22(7-8-22)15-5-6-18-19(10-15)27-13-26-18/h1-6,10,12H,7-9,11,13H2. The van der Waals surface area contributed by atoms with Crippen molar-refractivity contribution in [3.05, 3.63) is 74.7 Å². The molecule has 6 heteroatoms. The molecule has 3 aromatic rings. The van der Waals surface area contributed by atoms with Gasteiger partial charge >= 0.3 is 0 Å². The molecule has 0 saturated heterocycles. The van der Waals surface area contributed by atoms with E-state index in [1.807, 2.05) is 48.7 Å². The molecule has 28 heavy (non-hydrogen) atoms. The van der Waals surface area contributed by atoms with Crippen molar-refractivity contribution in [3.8, 4) is 11.5 Å². The molecular formula is C22H18ClNO3S. The van der Waals surface area contributed by atoms with Crippen LogP contribution in [0.1, 0.15) is 33.9 Å². The minimum atomic E-state index is -0.393. The van der Waals surface area contributed by atoms with Gasteiger partial charge in [-0.05, 0) is 42.2 Å². The molecule has 2 aliphatic rings. The smallest absolute Gasteiger partial charge is 0.231 e. The average Bonchev–Trinajstić information content (AvgIpc) is 3.18. The van der Waals surface area contributed by atoms with E-state index < -0.39 is 5.41 Å². The number of nitrogens with zero attached hydrogens (tertiary/aromatic N) is 1. The van der Waals surface area contributed by atoms with Gasteiger partial charge in [0.2, 0.25) is 6.79 Å². The SMILES string of the molecule is O=C(Cc1ncc(Cc2ccccc2Cl)s1)C1(c2ccc3c(c2)OCO3)CC1. The van der Waals surface area contributed by atoms with Gasteiger partial charge < -0.3 is 9.47 Å². The van der Waals surface area contributed by atoms with E-state index in [1.54, 1.807) is 11.3 Å². The molecule has 142 valence electrons. The second-order valence-electron chi connectivity index (χ2n) is 7.24. The lowest BCUT2D eigenvalue weighted by Gasteiger charge is -2.14. The van der Waals surface area contributed by atoms with E-state index in [4.69, 9.17) is 21.1 Å². The molecule has 1 aromatic heterocycles. The van der Waals surface area contributed by atoms with Crippen LogP contribution < -0.4 is 9.47 Å². The normalized spacial score (nSPS) is 16.2. The number of Topliss-reactive ketones (excluding diaryl/α,β-unsaturated/α-hetero) is 1. The van der Waals surface area contributed by atoms with Gasteiger partial charge in [-0.15, -0.1) is 11.3 Å². The Morgan fingerprint density at radius 1 is 1.14 bits per heavy atom. The summed E-state index contributed by atoms with van der Waals surface area (Å²) in [4.78, 5) is 18.7. The Hall–Kier alpha value is -2.37. The molecule has 1 aliphatic carbocycles. The third-order valence-electron chi connectivity index (χ3n) is 5.44. The number of carbonyl (C=O) groups is 1. The number of hydrogen-bond acceptors (Lipinski definition) is 5. The van der Waals surface area contributed by atoms with Crippen LogP contribution in [0.2, 0.25) is 5.02 Å². The van der Waals surface area contributed by atoms with E-state index in [-0.39, 0.29) is 12.6 Å². The molecule has 0 atom stereocenters. The number of hydrogen-bond donors (Lipinski definition) is 0. The number of fused-ring (bicyclic) bond motifs is 1. The molecule has 0 spiro atoms.